The van der Waals surface area contributed by atoms with Crippen molar-refractivity contribution < 1.29 is 13.5 Å². The Bertz CT molecular complexity index is 433. The second kappa shape index (κ2) is 4.17. The Morgan fingerprint density at radius 2 is 2.00 bits per heavy atom. The lowest BCUT2D eigenvalue weighted by molar-refractivity contribution is 0.175. The highest BCUT2D eigenvalue weighted by molar-refractivity contribution is 7.89. The van der Waals surface area contributed by atoms with Gasteiger partial charge < -0.3 is 5.11 Å². The molecule has 0 unspecified atom stereocenters. The highest BCUT2D eigenvalue weighted by Gasteiger charge is 2.28. The topological polar surface area (TPSA) is 93.3 Å². The molecule has 0 spiro atoms. The molecule has 7 heteroatoms. The fourth-order valence-corrected chi connectivity index (χ4v) is 2.59. The summed E-state index contributed by atoms with van der Waals surface area (Å²) in [4.78, 5) is 5.06. The molecule has 0 aliphatic heterocycles. The molecule has 0 bridgehead atoms. The zero-order valence-electron chi connectivity index (χ0n) is 8.76. The first-order valence-corrected chi connectivity index (χ1v) is 6.79. The van der Waals surface area contributed by atoms with E-state index in [0.29, 0.717) is 5.01 Å². The zero-order chi connectivity index (χ0) is 11.8. The summed E-state index contributed by atoms with van der Waals surface area (Å²) >= 11 is 1.29. The Morgan fingerprint density at radius 3 is 2.33 bits per heavy atom. The van der Waals surface area contributed by atoms with Crippen molar-refractivity contribution in [2.24, 2.45) is 5.14 Å². The van der Waals surface area contributed by atoms with Crippen molar-refractivity contribution >= 4 is 21.4 Å². The van der Waals surface area contributed by atoms with Crippen LogP contribution in [0.1, 0.15) is 28.6 Å². The van der Waals surface area contributed by atoms with Crippen LogP contribution in [0.15, 0.2) is 0 Å². The summed E-state index contributed by atoms with van der Waals surface area (Å²) in [6.07, 6.45) is -1.16. The molecule has 86 valence electrons. The summed E-state index contributed by atoms with van der Waals surface area (Å²) in [6, 6.07) is 0. The predicted octanol–water partition coefficient (Wildman–Crippen LogP) is 0.470. The fourth-order valence-electron chi connectivity index (χ4n) is 1.00. The molecule has 0 fully saturated rings. The van der Waals surface area contributed by atoms with Gasteiger partial charge in [-0.2, -0.15) is 0 Å². The molecule has 15 heavy (non-hydrogen) atoms. The minimum Gasteiger partial charge on any atom is -0.384 e. The van der Waals surface area contributed by atoms with Crippen molar-refractivity contribution in [3.05, 3.63) is 15.6 Å². The van der Waals surface area contributed by atoms with Crippen LogP contribution in [0.25, 0.3) is 0 Å². The fraction of sp³-hybridized carbons (Fsp3) is 0.625. The Kier molecular flexibility index (Phi) is 3.49. The van der Waals surface area contributed by atoms with Gasteiger partial charge in [0.25, 0.3) is 0 Å². The quantitative estimate of drug-likeness (QED) is 0.815. The van der Waals surface area contributed by atoms with Gasteiger partial charge in [0.2, 0.25) is 10.0 Å². The molecule has 1 aromatic heterocycles. The monoisotopic (exact) mass is 250 g/mol. The molecule has 1 heterocycles. The molecule has 0 radical (unpaired) electrons. The maximum Gasteiger partial charge on any atom is 0.214 e. The summed E-state index contributed by atoms with van der Waals surface area (Å²) in [6.45, 7) is 5.04. The van der Waals surface area contributed by atoms with Crippen molar-refractivity contribution in [1.82, 2.24) is 4.98 Å². The van der Waals surface area contributed by atoms with Crippen molar-refractivity contribution in [2.45, 2.75) is 32.1 Å². The first-order chi connectivity index (χ1) is 6.73. The van der Waals surface area contributed by atoms with Crippen LogP contribution in [0.4, 0.5) is 0 Å². The Morgan fingerprint density at radius 1 is 1.47 bits per heavy atom. The SMILES string of the molecule is Cc1nc([C@@H](O)[C@H](C)S(N)(=O)=O)sc1C. The lowest BCUT2D eigenvalue weighted by atomic mass is 10.3. The number of primary sulfonamides is 1. The minimum absolute atomic E-state index is 0.395. The van der Waals surface area contributed by atoms with Crippen LogP contribution in [-0.2, 0) is 10.0 Å². The number of sulfonamides is 1. The number of nitrogens with two attached hydrogens (primary N) is 1. The van der Waals surface area contributed by atoms with E-state index >= 15 is 0 Å². The number of thiazole rings is 1. The third-order valence-corrected chi connectivity index (χ3v) is 4.70. The van der Waals surface area contributed by atoms with E-state index in [1.54, 1.807) is 0 Å². The summed E-state index contributed by atoms with van der Waals surface area (Å²) in [5.41, 5.74) is 0.802. The molecule has 0 saturated carbocycles. The molecule has 1 rings (SSSR count). The van der Waals surface area contributed by atoms with Crippen LogP contribution in [0.3, 0.4) is 0 Å². The van der Waals surface area contributed by atoms with Gasteiger partial charge >= 0.3 is 0 Å². The van der Waals surface area contributed by atoms with E-state index in [-0.39, 0.29) is 0 Å². The molecule has 0 amide bonds. The van der Waals surface area contributed by atoms with Crippen LogP contribution in [0.2, 0.25) is 0 Å². The van der Waals surface area contributed by atoms with Gasteiger partial charge in [0.05, 0.1) is 5.69 Å². The molecular formula is C8H14N2O3S2. The summed E-state index contributed by atoms with van der Waals surface area (Å²) in [7, 11) is -3.74. The number of aromatic nitrogens is 1. The molecule has 2 atom stereocenters. The van der Waals surface area contributed by atoms with Crippen LogP contribution < -0.4 is 5.14 Å². The lowest BCUT2D eigenvalue weighted by Crippen LogP contribution is -2.31. The van der Waals surface area contributed by atoms with Crippen molar-refractivity contribution in [2.75, 3.05) is 0 Å². The number of hydrogen-bond acceptors (Lipinski definition) is 5. The largest absolute Gasteiger partial charge is 0.384 e. The van der Waals surface area contributed by atoms with Gasteiger partial charge in [0.15, 0.2) is 0 Å². The van der Waals surface area contributed by atoms with Gasteiger partial charge in [0.1, 0.15) is 16.4 Å². The molecule has 0 aliphatic carbocycles. The first-order valence-electron chi connectivity index (χ1n) is 4.37. The second-order valence-electron chi connectivity index (χ2n) is 3.43. The highest BCUT2D eigenvalue weighted by atomic mass is 32.2. The minimum atomic E-state index is -3.74. The van der Waals surface area contributed by atoms with Gasteiger partial charge in [0, 0.05) is 4.88 Å². The van der Waals surface area contributed by atoms with Gasteiger partial charge in [-0.3, -0.25) is 0 Å². The Balaban J connectivity index is 3.00. The maximum absolute atomic E-state index is 11.0. The van der Waals surface area contributed by atoms with E-state index in [2.05, 4.69) is 4.98 Å². The molecule has 3 N–H and O–H groups in total. The molecule has 1 aromatic rings. The first kappa shape index (κ1) is 12.6. The average molecular weight is 250 g/mol. The van der Waals surface area contributed by atoms with E-state index in [1.165, 1.54) is 18.3 Å². The van der Waals surface area contributed by atoms with E-state index < -0.39 is 21.4 Å². The number of nitrogens with zero attached hydrogens (tertiary/aromatic N) is 1. The number of aryl methyl sites for hydroxylation is 2. The number of aliphatic hydroxyl groups excluding tert-OH is 1. The molecule has 0 aliphatic rings. The van der Waals surface area contributed by atoms with Gasteiger partial charge in [-0.1, -0.05) is 0 Å². The molecular weight excluding hydrogens is 236 g/mol. The van der Waals surface area contributed by atoms with Crippen LogP contribution in [-0.4, -0.2) is 23.8 Å². The summed E-state index contributed by atoms with van der Waals surface area (Å²) in [5, 5.41) is 14.1. The predicted molar refractivity (Wildman–Crippen MR) is 59.1 cm³/mol. The zero-order valence-corrected chi connectivity index (χ0v) is 10.4. The van der Waals surface area contributed by atoms with Gasteiger partial charge in [-0.15, -0.1) is 11.3 Å². The van der Waals surface area contributed by atoms with E-state index in [9.17, 15) is 13.5 Å². The Labute approximate surface area is 93.0 Å². The smallest absolute Gasteiger partial charge is 0.214 e. The van der Waals surface area contributed by atoms with Crippen LogP contribution in [0, 0.1) is 13.8 Å². The summed E-state index contributed by atoms with van der Waals surface area (Å²) in [5.74, 6) is 0. The van der Waals surface area contributed by atoms with Gasteiger partial charge in [-0.05, 0) is 20.8 Å². The number of aliphatic hydroxyl groups is 1. The van der Waals surface area contributed by atoms with Crippen LogP contribution in [0.5, 0.6) is 0 Å². The van der Waals surface area contributed by atoms with Crippen LogP contribution >= 0.6 is 11.3 Å². The van der Waals surface area contributed by atoms with Gasteiger partial charge in [-0.25, -0.2) is 18.5 Å². The molecule has 0 aromatic carbocycles. The standard InChI is InChI=1S/C8H14N2O3S2/c1-4-5(2)14-8(10-4)7(11)6(3)15(9,12)13/h6-7,11H,1-3H3,(H2,9,12,13)/t6-,7-/m0/s1. The molecule has 5 nitrogen and oxygen atoms in total. The highest BCUT2D eigenvalue weighted by Crippen LogP contribution is 2.26. The van der Waals surface area contributed by atoms with E-state index in [0.717, 1.165) is 10.6 Å². The Hall–Kier alpha value is -0.500. The van der Waals surface area contributed by atoms with E-state index in [1.807, 2.05) is 13.8 Å². The van der Waals surface area contributed by atoms with E-state index in [4.69, 9.17) is 5.14 Å². The normalized spacial score (nSPS) is 16.3. The number of rotatable bonds is 3. The second-order valence-corrected chi connectivity index (χ2v) is 6.59. The third-order valence-electron chi connectivity index (χ3n) is 2.26. The van der Waals surface area contributed by atoms with Crippen molar-refractivity contribution in [1.29, 1.82) is 0 Å². The maximum atomic E-state index is 11.0. The average Bonchev–Trinajstić information content (AvgIpc) is 2.43. The van der Waals surface area contributed by atoms with Crippen molar-refractivity contribution in [3.8, 4) is 0 Å². The summed E-state index contributed by atoms with van der Waals surface area (Å²) < 4.78 is 22.1. The lowest BCUT2D eigenvalue weighted by Gasteiger charge is -2.13. The molecule has 0 saturated heterocycles. The van der Waals surface area contributed by atoms with Crippen molar-refractivity contribution in [3.63, 3.8) is 0 Å². The number of hydrogen-bond donors (Lipinski definition) is 2. The third kappa shape index (κ3) is 2.75.